The molecule has 0 N–H and O–H groups in total. The predicted octanol–water partition coefficient (Wildman–Crippen LogP) is 3.18. The van der Waals surface area contributed by atoms with Gasteiger partial charge in [-0.1, -0.05) is 6.07 Å². The Morgan fingerprint density at radius 2 is 1.96 bits per heavy atom. The van der Waals surface area contributed by atoms with Crippen LogP contribution in [0, 0.1) is 5.41 Å². The molecule has 0 saturated carbocycles. The third-order valence-corrected chi connectivity index (χ3v) is 5.74. The fourth-order valence-electron chi connectivity index (χ4n) is 4.25. The first-order valence-electron chi connectivity index (χ1n) is 9.06. The zero-order valence-electron chi connectivity index (χ0n) is 14.9. The molecule has 1 aromatic heterocycles. The van der Waals surface area contributed by atoms with Crippen molar-refractivity contribution in [3.8, 4) is 5.88 Å². The topological polar surface area (TPSA) is 28.6 Å². The SMILES string of the molecule is COc1ccc(CN2CCCC3(CCN(C(C)C)CC3)C2)cn1. The number of ether oxygens (including phenoxy) is 1. The maximum absolute atomic E-state index is 5.15. The Morgan fingerprint density at radius 1 is 1.17 bits per heavy atom. The molecule has 4 nitrogen and oxygen atoms in total. The van der Waals surface area contributed by atoms with Crippen LogP contribution < -0.4 is 4.74 Å². The van der Waals surface area contributed by atoms with E-state index in [1.807, 2.05) is 12.3 Å². The van der Waals surface area contributed by atoms with Crippen LogP contribution in [0.5, 0.6) is 5.88 Å². The van der Waals surface area contributed by atoms with E-state index >= 15 is 0 Å². The normalized spacial score (nSPS) is 22.6. The average molecular weight is 317 g/mol. The Hall–Kier alpha value is -1.13. The molecular weight excluding hydrogens is 286 g/mol. The van der Waals surface area contributed by atoms with Gasteiger partial charge >= 0.3 is 0 Å². The number of hydrogen-bond acceptors (Lipinski definition) is 4. The molecule has 3 heterocycles. The summed E-state index contributed by atoms with van der Waals surface area (Å²) in [7, 11) is 1.67. The molecule has 128 valence electrons. The van der Waals surface area contributed by atoms with Gasteiger partial charge in [0.05, 0.1) is 7.11 Å². The number of pyridine rings is 1. The van der Waals surface area contributed by atoms with E-state index in [-0.39, 0.29) is 0 Å². The molecular formula is C19H31N3O. The van der Waals surface area contributed by atoms with Crippen molar-refractivity contribution in [2.75, 3.05) is 33.3 Å². The highest BCUT2D eigenvalue weighted by Gasteiger charge is 2.38. The fourth-order valence-corrected chi connectivity index (χ4v) is 4.25. The van der Waals surface area contributed by atoms with E-state index in [0.717, 1.165) is 6.54 Å². The second-order valence-electron chi connectivity index (χ2n) is 7.65. The molecule has 2 aliphatic heterocycles. The van der Waals surface area contributed by atoms with Crippen molar-refractivity contribution in [2.24, 2.45) is 5.41 Å². The van der Waals surface area contributed by atoms with Crippen molar-refractivity contribution in [3.05, 3.63) is 23.9 Å². The summed E-state index contributed by atoms with van der Waals surface area (Å²) in [6.45, 7) is 10.7. The van der Waals surface area contributed by atoms with Crippen molar-refractivity contribution in [2.45, 2.75) is 52.1 Å². The van der Waals surface area contributed by atoms with E-state index in [1.165, 1.54) is 57.4 Å². The largest absolute Gasteiger partial charge is 0.481 e. The van der Waals surface area contributed by atoms with Gasteiger partial charge in [0.2, 0.25) is 5.88 Å². The monoisotopic (exact) mass is 317 g/mol. The smallest absolute Gasteiger partial charge is 0.212 e. The van der Waals surface area contributed by atoms with Gasteiger partial charge in [-0.25, -0.2) is 4.98 Å². The number of piperidine rings is 2. The summed E-state index contributed by atoms with van der Waals surface area (Å²) in [5.41, 5.74) is 1.85. The van der Waals surface area contributed by atoms with E-state index in [2.05, 4.69) is 34.7 Å². The summed E-state index contributed by atoms with van der Waals surface area (Å²) in [5, 5.41) is 0. The highest BCUT2D eigenvalue weighted by molar-refractivity contribution is 5.17. The van der Waals surface area contributed by atoms with E-state index in [0.29, 0.717) is 17.3 Å². The van der Waals surface area contributed by atoms with Crippen molar-refractivity contribution < 1.29 is 4.74 Å². The molecule has 2 saturated heterocycles. The van der Waals surface area contributed by atoms with Crippen LogP contribution in [-0.2, 0) is 6.54 Å². The maximum atomic E-state index is 5.15. The summed E-state index contributed by atoms with van der Waals surface area (Å²) < 4.78 is 5.15. The molecule has 0 aromatic carbocycles. The summed E-state index contributed by atoms with van der Waals surface area (Å²) in [6, 6.07) is 4.81. The van der Waals surface area contributed by atoms with E-state index in [1.54, 1.807) is 7.11 Å². The quantitative estimate of drug-likeness (QED) is 0.853. The molecule has 2 fully saturated rings. The molecule has 0 radical (unpaired) electrons. The third-order valence-electron chi connectivity index (χ3n) is 5.74. The lowest BCUT2D eigenvalue weighted by molar-refractivity contribution is 0.0123. The van der Waals surface area contributed by atoms with E-state index in [4.69, 9.17) is 4.74 Å². The van der Waals surface area contributed by atoms with Gasteiger partial charge in [0.15, 0.2) is 0 Å². The Kier molecular flexibility index (Phi) is 5.22. The predicted molar refractivity (Wildman–Crippen MR) is 93.7 cm³/mol. The molecule has 3 rings (SSSR count). The lowest BCUT2D eigenvalue weighted by atomic mass is 9.72. The van der Waals surface area contributed by atoms with Crippen LogP contribution in [0.1, 0.15) is 45.1 Å². The molecule has 1 spiro atoms. The molecule has 0 unspecified atom stereocenters. The number of likely N-dealkylation sites (tertiary alicyclic amines) is 2. The van der Waals surface area contributed by atoms with Crippen LogP contribution in [0.2, 0.25) is 0 Å². The summed E-state index contributed by atoms with van der Waals surface area (Å²) in [6.07, 6.45) is 7.44. The van der Waals surface area contributed by atoms with Crippen LogP contribution in [0.15, 0.2) is 18.3 Å². The first-order chi connectivity index (χ1) is 11.1. The molecule has 23 heavy (non-hydrogen) atoms. The van der Waals surface area contributed by atoms with E-state index in [9.17, 15) is 0 Å². The van der Waals surface area contributed by atoms with Crippen molar-refractivity contribution in [3.63, 3.8) is 0 Å². The van der Waals surface area contributed by atoms with Crippen LogP contribution >= 0.6 is 0 Å². The first kappa shape index (κ1) is 16.7. The fraction of sp³-hybridized carbons (Fsp3) is 0.737. The van der Waals surface area contributed by atoms with Crippen molar-refractivity contribution >= 4 is 0 Å². The average Bonchev–Trinajstić information content (AvgIpc) is 2.56. The molecule has 1 aromatic rings. The molecule has 0 amide bonds. The van der Waals surface area contributed by atoms with Crippen LogP contribution in [0.25, 0.3) is 0 Å². The summed E-state index contributed by atoms with van der Waals surface area (Å²) in [5.74, 6) is 0.699. The number of methoxy groups -OCH3 is 1. The van der Waals surface area contributed by atoms with Crippen molar-refractivity contribution in [1.29, 1.82) is 0 Å². The highest BCUT2D eigenvalue weighted by atomic mass is 16.5. The number of aromatic nitrogens is 1. The minimum Gasteiger partial charge on any atom is -0.481 e. The van der Waals surface area contributed by atoms with Gasteiger partial charge in [-0.2, -0.15) is 0 Å². The number of hydrogen-bond donors (Lipinski definition) is 0. The van der Waals surface area contributed by atoms with Gasteiger partial charge in [0, 0.05) is 31.4 Å². The molecule has 4 heteroatoms. The minimum atomic E-state index is 0.559. The van der Waals surface area contributed by atoms with E-state index < -0.39 is 0 Å². The first-order valence-corrected chi connectivity index (χ1v) is 9.06. The van der Waals surface area contributed by atoms with Gasteiger partial charge in [-0.3, -0.25) is 4.90 Å². The zero-order valence-corrected chi connectivity index (χ0v) is 14.9. The maximum Gasteiger partial charge on any atom is 0.212 e. The number of nitrogens with zero attached hydrogens (tertiary/aromatic N) is 3. The van der Waals surface area contributed by atoms with Gasteiger partial charge in [-0.05, 0) is 70.1 Å². The third kappa shape index (κ3) is 4.04. The lowest BCUT2D eigenvalue weighted by Gasteiger charge is -2.48. The molecule has 0 atom stereocenters. The molecule has 2 aliphatic rings. The standard InChI is InChI=1S/C19H31N3O/c1-16(2)22-11-8-19(9-12-22)7-4-10-21(15-19)14-17-5-6-18(23-3)20-13-17/h5-6,13,16H,4,7-12,14-15H2,1-3H3. The second-order valence-corrected chi connectivity index (χ2v) is 7.65. The number of rotatable bonds is 4. The Morgan fingerprint density at radius 3 is 2.57 bits per heavy atom. The lowest BCUT2D eigenvalue weighted by Crippen LogP contribution is -2.50. The van der Waals surface area contributed by atoms with Crippen molar-refractivity contribution in [1.82, 2.24) is 14.8 Å². The Labute approximate surface area is 140 Å². The Balaban J connectivity index is 1.57. The highest BCUT2D eigenvalue weighted by Crippen LogP contribution is 2.40. The Bertz CT molecular complexity index is 492. The van der Waals surface area contributed by atoms with Crippen LogP contribution in [0.4, 0.5) is 0 Å². The zero-order chi connectivity index (χ0) is 16.3. The van der Waals surface area contributed by atoms with Crippen LogP contribution in [0.3, 0.4) is 0 Å². The minimum absolute atomic E-state index is 0.559. The second kappa shape index (κ2) is 7.18. The van der Waals surface area contributed by atoms with Crippen LogP contribution in [-0.4, -0.2) is 54.1 Å². The molecule has 0 bridgehead atoms. The summed E-state index contributed by atoms with van der Waals surface area (Å²) in [4.78, 5) is 9.61. The van der Waals surface area contributed by atoms with Gasteiger partial charge in [0.1, 0.15) is 0 Å². The molecule has 0 aliphatic carbocycles. The van der Waals surface area contributed by atoms with Gasteiger partial charge in [-0.15, -0.1) is 0 Å². The summed E-state index contributed by atoms with van der Waals surface area (Å²) >= 11 is 0. The van der Waals surface area contributed by atoms with Gasteiger partial charge in [0.25, 0.3) is 0 Å². The van der Waals surface area contributed by atoms with Gasteiger partial charge < -0.3 is 9.64 Å².